The van der Waals surface area contributed by atoms with Crippen molar-refractivity contribution in [3.63, 3.8) is 0 Å². The Hall–Kier alpha value is -3.40. The van der Waals surface area contributed by atoms with Crippen molar-refractivity contribution in [2.45, 2.75) is 25.5 Å². The number of carbonyl (C=O) groups is 2. The van der Waals surface area contributed by atoms with Crippen molar-refractivity contribution in [3.8, 4) is 5.69 Å². The second-order valence-electron chi connectivity index (χ2n) is 8.15. The Balaban J connectivity index is 1.54. The zero-order chi connectivity index (χ0) is 26.5. The van der Waals surface area contributed by atoms with Gasteiger partial charge in [0.2, 0.25) is 5.91 Å². The first-order chi connectivity index (χ1) is 17.7. The zero-order valence-electron chi connectivity index (χ0n) is 19.9. The van der Waals surface area contributed by atoms with Crippen molar-refractivity contribution >= 4 is 52.5 Å². The first-order valence-electron chi connectivity index (χ1n) is 11.2. The van der Waals surface area contributed by atoms with Crippen LogP contribution in [0.5, 0.6) is 0 Å². The monoisotopic (exact) mass is 557 g/mol. The van der Waals surface area contributed by atoms with Crippen molar-refractivity contribution < 1.29 is 14.0 Å². The van der Waals surface area contributed by atoms with Crippen molar-refractivity contribution in [1.82, 2.24) is 20.1 Å². The third-order valence-corrected chi connectivity index (χ3v) is 6.84. The van der Waals surface area contributed by atoms with Gasteiger partial charge < -0.3 is 10.6 Å². The number of nitrogens with zero attached hydrogens (tertiary/aromatic N) is 3. The van der Waals surface area contributed by atoms with E-state index < -0.39 is 11.7 Å². The van der Waals surface area contributed by atoms with Crippen LogP contribution in [0.15, 0.2) is 65.8 Å². The van der Waals surface area contributed by atoms with Crippen LogP contribution in [0.1, 0.15) is 27.3 Å². The number of benzene rings is 3. The predicted octanol–water partition coefficient (Wildman–Crippen LogP) is 5.99. The fraction of sp³-hybridized carbons (Fsp3) is 0.154. The normalized spacial score (nSPS) is 10.8. The van der Waals surface area contributed by atoms with Gasteiger partial charge in [-0.15, -0.1) is 10.2 Å². The van der Waals surface area contributed by atoms with Gasteiger partial charge in [0, 0.05) is 10.7 Å². The molecular weight excluding hydrogens is 536 g/mol. The summed E-state index contributed by atoms with van der Waals surface area (Å²) in [7, 11) is 0. The highest BCUT2D eigenvalue weighted by Gasteiger charge is 2.20. The molecule has 0 aliphatic rings. The molecule has 4 rings (SSSR count). The summed E-state index contributed by atoms with van der Waals surface area (Å²) in [5.41, 5.74) is 3.13. The molecule has 3 aromatic carbocycles. The van der Waals surface area contributed by atoms with Gasteiger partial charge in [-0.3, -0.25) is 14.2 Å². The molecule has 0 unspecified atom stereocenters. The van der Waals surface area contributed by atoms with Gasteiger partial charge in [0.15, 0.2) is 11.0 Å². The highest BCUT2D eigenvalue weighted by atomic mass is 35.5. The summed E-state index contributed by atoms with van der Waals surface area (Å²) in [6.07, 6.45) is 0. The number of anilines is 1. The van der Waals surface area contributed by atoms with Crippen LogP contribution in [0.25, 0.3) is 5.69 Å². The summed E-state index contributed by atoms with van der Waals surface area (Å²) < 4.78 is 15.8. The van der Waals surface area contributed by atoms with Crippen molar-refractivity contribution in [2.24, 2.45) is 0 Å². The molecule has 0 aliphatic heterocycles. The molecule has 0 spiro atoms. The molecule has 37 heavy (non-hydrogen) atoms. The lowest BCUT2D eigenvalue weighted by Gasteiger charge is -2.12. The standard InChI is InChI=1S/C26H22Cl2FN5O2S/c1-15-9-10-16(2)21(11-15)31-23(35)14-37-26-33-32-22(34(26)18-6-3-5-17(27)12-18)13-30-25(36)24-19(28)7-4-8-20(24)29/h3-12H,13-14H2,1-2H3,(H,30,36)(H,31,35). The van der Waals surface area contributed by atoms with Gasteiger partial charge >= 0.3 is 0 Å². The summed E-state index contributed by atoms with van der Waals surface area (Å²) >= 11 is 13.4. The summed E-state index contributed by atoms with van der Waals surface area (Å²) in [6, 6.07) is 16.9. The van der Waals surface area contributed by atoms with Gasteiger partial charge in [-0.2, -0.15) is 0 Å². The van der Waals surface area contributed by atoms with Gasteiger partial charge in [-0.05, 0) is 61.4 Å². The first-order valence-corrected chi connectivity index (χ1v) is 12.9. The summed E-state index contributed by atoms with van der Waals surface area (Å²) in [5.74, 6) is -1.19. The maximum atomic E-state index is 14.2. The Morgan fingerprint density at radius 1 is 1.03 bits per heavy atom. The van der Waals surface area contributed by atoms with E-state index in [0.29, 0.717) is 21.7 Å². The topological polar surface area (TPSA) is 88.9 Å². The molecule has 2 amide bonds. The Bertz CT molecular complexity index is 1460. The van der Waals surface area contributed by atoms with Crippen LogP contribution in [0, 0.1) is 19.7 Å². The molecular formula is C26H22Cl2FN5O2S. The third kappa shape index (κ3) is 6.49. The maximum absolute atomic E-state index is 14.2. The molecule has 11 heteroatoms. The van der Waals surface area contributed by atoms with Crippen LogP contribution < -0.4 is 10.6 Å². The molecule has 4 aromatic rings. The molecule has 7 nitrogen and oxygen atoms in total. The quantitative estimate of drug-likeness (QED) is 0.260. The van der Waals surface area contributed by atoms with Gasteiger partial charge in [0.1, 0.15) is 5.82 Å². The van der Waals surface area contributed by atoms with E-state index in [-0.39, 0.29) is 28.8 Å². The van der Waals surface area contributed by atoms with Gasteiger partial charge in [0.25, 0.3) is 5.91 Å². The number of carbonyl (C=O) groups excluding carboxylic acids is 2. The number of hydrogen-bond donors (Lipinski definition) is 2. The molecule has 0 saturated carbocycles. The second-order valence-corrected chi connectivity index (χ2v) is 9.93. The van der Waals surface area contributed by atoms with Crippen LogP contribution in [0.3, 0.4) is 0 Å². The number of nitrogens with one attached hydrogen (secondary N) is 2. The predicted molar refractivity (Wildman–Crippen MR) is 144 cm³/mol. The molecule has 0 radical (unpaired) electrons. The molecule has 1 aromatic heterocycles. The molecule has 0 aliphatic carbocycles. The van der Waals surface area contributed by atoms with Crippen molar-refractivity contribution in [1.29, 1.82) is 0 Å². The Kier molecular flexibility index (Phi) is 8.48. The summed E-state index contributed by atoms with van der Waals surface area (Å²) in [4.78, 5) is 25.3. The number of rotatable bonds is 8. The molecule has 2 N–H and O–H groups in total. The van der Waals surface area contributed by atoms with E-state index in [1.54, 1.807) is 28.8 Å². The van der Waals surface area contributed by atoms with E-state index in [2.05, 4.69) is 20.8 Å². The van der Waals surface area contributed by atoms with E-state index in [0.717, 1.165) is 22.9 Å². The van der Waals surface area contributed by atoms with Crippen LogP contribution in [0.2, 0.25) is 10.0 Å². The maximum Gasteiger partial charge on any atom is 0.256 e. The van der Waals surface area contributed by atoms with E-state index in [1.165, 1.54) is 23.9 Å². The Morgan fingerprint density at radius 2 is 1.81 bits per heavy atom. The molecule has 0 fully saturated rings. The highest BCUT2D eigenvalue weighted by Crippen LogP contribution is 2.25. The van der Waals surface area contributed by atoms with E-state index >= 15 is 0 Å². The minimum atomic E-state index is -0.729. The Labute approximate surface area is 227 Å². The number of aryl methyl sites for hydroxylation is 2. The Morgan fingerprint density at radius 3 is 2.57 bits per heavy atom. The lowest BCUT2D eigenvalue weighted by molar-refractivity contribution is -0.113. The number of thioether (sulfide) groups is 1. The van der Waals surface area contributed by atoms with Gasteiger partial charge in [-0.1, -0.05) is 59.2 Å². The molecule has 1 heterocycles. The third-order valence-electron chi connectivity index (χ3n) is 5.36. The molecule has 0 saturated heterocycles. The first kappa shape index (κ1) is 26.7. The zero-order valence-corrected chi connectivity index (χ0v) is 22.2. The number of hydrogen-bond acceptors (Lipinski definition) is 5. The largest absolute Gasteiger partial charge is 0.345 e. The highest BCUT2D eigenvalue weighted by molar-refractivity contribution is 7.99. The van der Waals surface area contributed by atoms with E-state index in [9.17, 15) is 14.0 Å². The van der Waals surface area contributed by atoms with Crippen molar-refractivity contribution in [3.05, 3.63) is 99.0 Å². The van der Waals surface area contributed by atoms with Crippen LogP contribution in [-0.2, 0) is 11.3 Å². The fourth-order valence-electron chi connectivity index (χ4n) is 3.53. The summed E-state index contributed by atoms with van der Waals surface area (Å²) in [5, 5.41) is 14.9. The smallest absolute Gasteiger partial charge is 0.256 e. The van der Waals surface area contributed by atoms with E-state index in [1.807, 2.05) is 32.0 Å². The minimum absolute atomic E-state index is 0.0000819. The van der Waals surface area contributed by atoms with E-state index in [4.69, 9.17) is 23.2 Å². The minimum Gasteiger partial charge on any atom is -0.345 e. The van der Waals surface area contributed by atoms with Crippen molar-refractivity contribution in [2.75, 3.05) is 11.1 Å². The summed E-state index contributed by atoms with van der Waals surface area (Å²) in [6.45, 7) is 3.81. The van der Waals surface area contributed by atoms with Gasteiger partial charge in [-0.25, -0.2) is 4.39 Å². The second kappa shape index (κ2) is 11.8. The average molecular weight is 558 g/mol. The number of amides is 2. The number of aromatic nitrogens is 3. The van der Waals surface area contributed by atoms with Crippen LogP contribution in [0.4, 0.5) is 10.1 Å². The SMILES string of the molecule is Cc1ccc(C)c(NC(=O)CSc2nnc(CNC(=O)c3c(F)cccc3Cl)n2-c2cccc(Cl)c2)c1. The fourth-order valence-corrected chi connectivity index (χ4v) is 4.74. The van der Waals surface area contributed by atoms with Crippen LogP contribution >= 0.6 is 35.0 Å². The molecule has 0 atom stereocenters. The lowest BCUT2D eigenvalue weighted by atomic mass is 10.1. The van der Waals surface area contributed by atoms with Gasteiger partial charge in [0.05, 0.1) is 28.6 Å². The lowest BCUT2D eigenvalue weighted by Crippen LogP contribution is -2.26. The average Bonchev–Trinajstić information content (AvgIpc) is 3.26. The molecule has 0 bridgehead atoms. The molecule has 190 valence electrons. The number of halogens is 3. The van der Waals surface area contributed by atoms with Crippen LogP contribution in [-0.4, -0.2) is 32.3 Å².